The molecule has 0 saturated heterocycles. The molecule has 0 unspecified atom stereocenters. The Morgan fingerprint density at radius 3 is 2.25 bits per heavy atom. The number of carbonyl (C=O) groups is 2. The normalized spacial score (nSPS) is 16.6. The molecule has 1 aromatic carbocycles. The summed E-state index contributed by atoms with van der Waals surface area (Å²) in [4.78, 5) is 22.5. The number of fused-ring (bicyclic) bond motifs is 1. The smallest absolute Gasteiger partial charge is 0.336 e. The van der Waals surface area contributed by atoms with E-state index in [0.29, 0.717) is 5.75 Å². The SMILES string of the molecule is Cc1ccc2c(c1C)OC(=O)/C=C/C(=O)O2. The van der Waals surface area contributed by atoms with Gasteiger partial charge < -0.3 is 9.47 Å². The Bertz CT molecular complexity index is 500. The Balaban J connectivity index is 2.56. The zero-order valence-electron chi connectivity index (χ0n) is 8.94. The second kappa shape index (κ2) is 3.81. The minimum atomic E-state index is -0.582. The number of aryl methyl sites for hydroxylation is 1. The van der Waals surface area contributed by atoms with E-state index in [1.807, 2.05) is 6.92 Å². The van der Waals surface area contributed by atoms with Gasteiger partial charge in [0.15, 0.2) is 11.5 Å². The van der Waals surface area contributed by atoms with Crippen LogP contribution in [0.5, 0.6) is 11.5 Å². The lowest BCUT2D eigenvalue weighted by atomic mass is 10.1. The van der Waals surface area contributed by atoms with Crippen LogP contribution < -0.4 is 9.47 Å². The number of benzene rings is 1. The van der Waals surface area contributed by atoms with Crippen LogP contribution in [-0.4, -0.2) is 11.9 Å². The summed E-state index contributed by atoms with van der Waals surface area (Å²) in [6.45, 7) is 3.69. The Morgan fingerprint density at radius 2 is 1.56 bits per heavy atom. The van der Waals surface area contributed by atoms with E-state index in [1.165, 1.54) is 0 Å². The topological polar surface area (TPSA) is 52.6 Å². The molecule has 0 amide bonds. The molecular weight excluding hydrogens is 208 g/mol. The molecular formula is C12H10O4. The zero-order valence-corrected chi connectivity index (χ0v) is 8.94. The lowest BCUT2D eigenvalue weighted by Crippen LogP contribution is -2.14. The number of hydrogen-bond donors (Lipinski definition) is 0. The maximum atomic E-state index is 11.3. The van der Waals surface area contributed by atoms with Gasteiger partial charge in [-0.3, -0.25) is 0 Å². The van der Waals surface area contributed by atoms with E-state index >= 15 is 0 Å². The van der Waals surface area contributed by atoms with E-state index < -0.39 is 11.9 Å². The number of esters is 2. The molecule has 0 fully saturated rings. The molecule has 1 heterocycles. The van der Waals surface area contributed by atoms with Crippen LogP contribution in [0.15, 0.2) is 24.3 Å². The van der Waals surface area contributed by atoms with Crippen molar-refractivity contribution >= 4 is 11.9 Å². The van der Waals surface area contributed by atoms with Gasteiger partial charge in [-0.05, 0) is 31.0 Å². The van der Waals surface area contributed by atoms with Gasteiger partial charge >= 0.3 is 11.9 Å². The number of carbonyl (C=O) groups excluding carboxylic acids is 2. The molecule has 0 aromatic heterocycles. The first-order chi connectivity index (χ1) is 7.58. The van der Waals surface area contributed by atoms with Gasteiger partial charge in [-0.1, -0.05) is 6.07 Å². The van der Waals surface area contributed by atoms with Crippen LogP contribution in [0, 0.1) is 13.8 Å². The summed E-state index contributed by atoms with van der Waals surface area (Å²) in [6, 6.07) is 3.42. The van der Waals surface area contributed by atoms with Gasteiger partial charge in [0.1, 0.15) is 0 Å². The maximum Gasteiger partial charge on any atom is 0.336 e. The molecule has 4 heteroatoms. The third kappa shape index (κ3) is 1.82. The van der Waals surface area contributed by atoms with Crippen molar-refractivity contribution in [1.82, 2.24) is 0 Å². The third-order valence-corrected chi connectivity index (χ3v) is 2.41. The fraction of sp³-hybridized carbons (Fsp3) is 0.167. The Hall–Kier alpha value is -2.10. The highest BCUT2D eigenvalue weighted by Gasteiger charge is 2.18. The van der Waals surface area contributed by atoms with Crippen molar-refractivity contribution in [1.29, 1.82) is 0 Å². The Labute approximate surface area is 92.5 Å². The Morgan fingerprint density at radius 1 is 0.938 bits per heavy atom. The summed E-state index contributed by atoms with van der Waals surface area (Å²) in [5.41, 5.74) is 1.75. The average Bonchev–Trinajstić information content (AvgIpc) is 2.24. The van der Waals surface area contributed by atoms with Gasteiger partial charge in [-0.2, -0.15) is 0 Å². The molecule has 4 nitrogen and oxygen atoms in total. The molecule has 0 saturated carbocycles. The first-order valence-electron chi connectivity index (χ1n) is 4.80. The number of rotatable bonds is 0. The second-order valence-corrected chi connectivity index (χ2v) is 3.51. The van der Waals surface area contributed by atoms with Gasteiger partial charge in [0.2, 0.25) is 0 Å². The lowest BCUT2D eigenvalue weighted by Gasteiger charge is -2.14. The molecule has 1 aromatic rings. The van der Waals surface area contributed by atoms with Crippen molar-refractivity contribution in [3.8, 4) is 11.5 Å². The van der Waals surface area contributed by atoms with Crippen LogP contribution in [0.1, 0.15) is 11.1 Å². The molecule has 16 heavy (non-hydrogen) atoms. The predicted molar refractivity (Wildman–Crippen MR) is 56.3 cm³/mol. The van der Waals surface area contributed by atoms with Gasteiger partial charge in [-0.15, -0.1) is 0 Å². The van der Waals surface area contributed by atoms with Crippen molar-refractivity contribution < 1.29 is 19.1 Å². The summed E-state index contributed by atoms with van der Waals surface area (Å²) in [7, 11) is 0. The van der Waals surface area contributed by atoms with Gasteiger partial charge in [0, 0.05) is 12.2 Å². The molecule has 1 aliphatic rings. The first-order valence-corrected chi connectivity index (χ1v) is 4.80. The molecule has 0 bridgehead atoms. The quantitative estimate of drug-likeness (QED) is 0.491. The molecule has 1 aliphatic heterocycles. The number of hydrogen-bond acceptors (Lipinski definition) is 4. The largest absolute Gasteiger partial charge is 0.419 e. The third-order valence-electron chi connectivity index (χ3n) is 2.41. The van der Waals surface area contributed by atoms with E-state index in [9.17, 15) is 9.59 Å². The summed E-state index contributed by atoms with van der Waals surface area (Å²) in [6.07, 6.45) is 2.09. The van der Waals surface area contributed by atoms with E-state index in [1.54, 1.807) is 19.1 Å². The minimum absolute atomic E-state index is 0.269. The molecule has 0 N–H and O–H groups in total. The van der Waals surface area contributed by atoms with Crippen LogP contribution in [0.4, 0.5) is 0 Å². The summed E-state index contributed by atoms with van der Waals surface area (Å²) in [5.74, 6) is -0.582. The average molecular weight is 218 g/mol. The highest BCUT2D eigenvalue weighted by atomic mass is 16.6. The van der Waals surface area contributed by atoms with Gasteiger partial charge in [0.05, 0.1) is 0 Å². The Kier molecular flexibility index (Phi) is 2.48. The summed E-state index contributed by atoms with van der Waals surface area (Å²) < 4.78 is 10.1. The highest BCUT2D eigenvalue weighted by Crippen LogP contribution is 2.34. The maximum absolute atomic E-state index is 11.3. The van der Waals surface area contributed by atoms with E-state index in [0.717, 1.165) is 23.3 Å². The monoisotopic (exact) mass is 218 g/mol. The standard InChI is InChI=1S/C12H10O4/c1-7-3-4-9-12(8(7)2)16-11(14)6-5-10(13)15-9/h3-6H,1-2H3/b6-5+. The summed E-state index contributed by atoms with van der Waals surface area (Å²) in [5, 5.41) is 0. The lowest BCUT2D eigenvalue weighted by molar-refractivity contribution is -0.133. The molecule has 0 radical (unpaired) electrons. The van der Waals surface area contributed by atoms with E-state index in [4.69, 9.17) is 9.47 Å². The minimum Gasteiger partial charge on any atom is -0.419 e. The van der Waals surface area contributed by atoms with Crippen molar-refractivity contribution in [3.63, 3.8) is 0 Å². The molecule has 0 aliphatic carbocycles. The predicted octanol–water partition coefficient (Wildman–Crippen LogP) is 1.68. The second-order valence-electron chi connectivity index (χ2n) is 3.51. The van der Waals surface area contributed by atoms with Crippen LogP contribution in [0.25, 0.3) is 0 Å². The van der Waals surface area contributed by atoms with Crippen LogP contribution in [-0.2, 0) is 9.59 Å². The van der Waals surface area contributed by atoms with Crippen LogP contribution in [0.3, 0.4) is 0 Å². The van der Waals surface area contributed by atoms with Gasteiger partial charge in [0.25, 0.3) is 0 Å². The fourth-order valence-corrected chi connectivity index (χ4v) is 1.39. The molecule has 0 spiro atoms. The highest BCUT2D eigenvalue weighted by molar-refractivity contribution is 5.95. The summed E-state index contributed by atoms with van der Waals surface area (Å²) >= 11 is 0. The molecule has 82 valence electrons. The fourth-order valence-electron chi connectivity index (χ4n) is 1.39. The van der Waals surface area contributed by atoms with Crippen LogP contribution in [0.2, 0.25) is 0 Å². The first kappa shape index (κ1) is 10.4. The molecule has 0 atom stereocenters. The molecule has 2 rings (SSSR count). The zero-order chi connectivity index (χ0) is 11.7. The number of ether oxygens (including phenoxy) is 2. The van der Waals surface area contributed by atoms with Crippen LogP contribution >= 0.6 is 0 Å². The van der Waals surface area contributed by atoms with E-state index in [-0.39, 0.29) is 5.75 Å². The van der Waals surface area contributed by atoms with E-state index in [2.05, 4.69) is 0 Å². The van der Waals surface area contributed by atoms with Gasteiger partial charge in [-0.25, -0.2) is 9.59 Å². The van der Waals surface area contributed by atoms with Crippen molar-refractivity contribution in [2.45, 2.75) is 13.8 Å². The van der Waals surface area contributed by atoms with Crippen molar-refractivity contribution in [2.75, 3.05) is 0 Å². The van der Waals surface area contributed by atoms with Crippen molar-refractivity contribution in [2.24, 2.45) is 0 Å². The van der Waals surface area contributed by atoms with Crippen molar-refractivity contribution in [3.05, 3.63) is 35.4 Å².